The van der Waals surface area contributed by atoms with Gasteiger partial charge in [0.2, 0.25) is 5.95 Å². The number of rotatable bonds is 6. The highest BCUT2D eigenvalue weighted by atomic mass is 19.1. The molecule has 0 aliphatic heterocycles. The van der Waals surface area contributed by atoms with E-state index < -0.39 is 0 Å². The number of nitrogens with zero attached hydrogens (tertiary/aromatic N) is 3. The second kappa shape index (κ2) is 9.09. The summed E-state index contributed by atoms with van der Waals surface area (Å²) in [5.41, 5.74) is 8.16. The molecule has 0 fully saturated rings. The average Bonchev–Trinajstić information content (AvgIpc) is 2.80. The molecule has 2 aromatic carbocycles. The standard InChI is InChI=1S/C23H19FN6O2/c1-26-22(31)20-12-18(10-11-27-20)32-17-8-6-16(7-9-17)28-21-13-19(29-23(25)30-21)14-2-4-15(24)5-3-14/h2-13H,1H3,(H,26,31)(H3,25,28,29,30). The second-order valence-electron chi connectivity index (χ2n) is 6.71. The van der Waals surface area contributed by atoms with Crippen molar-refractivity contribution in [2.75, 3.05) is 18.1 Å². The number of pyridine rings is 1. The molecule has 8 nitrogen and oxygen atoms in total. The molecule has 0 aliphatic carbocycles. The molecule has 9 heteroatoms. The minimum Gasteiger partial charge on any atom is -0.457 e. The molecule has 4 aromatic rings. The SMILES string of the molecule is CNC(=O)c1cc(Oc2ccc(Nc3cc(-c4ccc(F)cc4)nc(N)n3)cc2)ccn1. The number of nitrogens with two attached hydrogens (primary N) is 1. The van der Waals surface area contributed by atoms with Gasteiger partial charge in [-0.1, -0.05) is 0 Å². The summed E-state index contributed by atoms with van der Waals surface area (Å²) in [6.07, 6.45) is 1.51. The summed E-state index contributed by atoms with van der Waals surface area (Å²) >= 11 is 0. The third kappa shape index (κ3) is 4.96. The van der Waals surface area contributed by atoms with Crippen LogP contribution in [0.15, 0.2) is 72.9 Å². The molecule has 0 aliphatic rings. The Morgan fingerprint density at radius 3 is 2.44 bits per heavy atom. The molecule has 160 valence electrons. The lowest BCUT2D eigenvalue weighted by Gasteiger charge is -2.10. The summed E-state index contributed by atoms with van der Waals surface area (Å²) in [4.78, 5) is 24.1. The van der Waals surface area contributed by atoms with Crippen molar-refractivity contribution in [2.45, 2.75) is 0 Å². The van der Waals surface area contributed by atoms with E-state index in [1.165, 1.54) is 25.4 Å². The van der Waals surface area contributed by atoms with Gasteiger partial charge in [0.05, 0.1) is 5.69 Å². The summed E-state index contributed by atoms with van der Waals surface area (Å²) in [5.74, 6) is 1.05. The third-order valence-electron chi connectivity index (χ3n) is 4.44. The predicted molar refractivity (Wildman–Crippen MR) is 119 cm³/mol. The maximum Gasteiger partial charge on any atom is 0.269 e. The van der Waals surface area contributed by atoms with Crippen LogP contribution >= 0.6 is 0 Å². The number of ether oxygens (including phenoxy) is 1. The number of amides is 1. The minimum atomic E-state index is -0.326. The van der Waals surface area contributed by atoms with Gasteiger partial charge < -0.3 is 21.1 Å². The normalized spacial score (nSPS) is 10.4. The van der Waals surface area contributed by atoms with Crippen LogP contribution in [-0.4, -0.2) is 27.9 Å². The molecule has 0 unspecified atom stereocenters. The Morgan fingerprint density at radius 2 is 1.72 bits per heavy atom. The molecule has 2 heterocycles. The molecule has 0 spiro atoms. The summed E-state index contributed by atoms with van der Waals surface area (Å²) in [7, 11) is 1.54. The molecule has 1 amide bonds. The summed E-state index contributed by atoms with van der Waals surface area (Å²) < 4.78 is 19.0. The second-order valence-corrected chi connectivity index (χ2v) is 6.71. The van der Waals surface area contributed by atoms with Gasteiger partial charge in [0.15, 0.2) is 0 Å². The zero-order chi connectivity index (χ0) is 22.5. The Bertz CT molecular complexity index is 1250. The van der Waals surface area contributed by atoms with Crippen LogP contribution in [0.5, 0.6) is 11.5 Å². The average molecular weight is 430 g/mol. The number of nitrogens with one attached hydrogen (secondary N) is 2. The lowest BCUT2D eigenvalue weighted by atomic mass is 10.1. The number of hydrogen-bond acceptors (Lipinski definition) is 7. The summed E-state index contributed by atoms with van der Waals surface area (Å²) in [6, 6.07) is 18.1. The highest BCUT2D eigenvalue weighted by Crippen LogP contribution is 2.26. The van der Waals surface area contributed by atoms with Crippen LogP contribution < -0.4 is 21.1 Å². The minimum absolute atomic E-state index is 0.0962. The van der Waals surface area contributed by atoms with Crippen LogP contribution in [0.3, 0.4) is 0 Å². The van der Waals surface area contributed by atoms with Gasteiger partial charge >= 0.3 is 0 Å². The highest BCUT2D eigenvalue weighted by Gasteiger charge is 2.08. The molecule has 0 saturated carbocycles. The fourth-order valence-corrected chi connectivity index (χ4v) is 2.92. The molecule has 0 radical (unpaired) electrons. The van der Waals surface area contributed by atoms with Crippen molar-refractivity contribution in [3.63, 3.8) is 0 Å². The van der Waals surface area contributed by atoms with Crippen molar-refractivity contribution >= 4 is 23.4 Å². The number of nitrogen functional groups attached to an aromatic ring is 1. The molecule has 0 saturated heterocycles. The number of hydrogen-bond donors (Lipinski definition) is 3. The number of carbonyl (C=O) groups excluding carboxylic acids is 1. The summed E-state index contributed by atoms with van der Waals surface area (Å²) in [6.45, 7) is 0. The molecule has 0 bridgehead atoms. The van der Waals surface area contributed by atoms with E-state index in [4.69, 9.17) is 10.5 Å². The van der Waals surface area contributed by atoms with Gasteiger partial charge in [0, 0.05) is 36.6 Å². The number of benzene rings is 2. The Balaban J connectivity index is 1.48. The van der Waals surface area contributed by atoms with E-state index in [0.717, 1.165) is 11.3 Å². The first kappa shape index (κ1) is 20.7. The fraction of sp³-hybridized carbons (Fsp3) is 0.0435. The van der Waals surface area contributed by atoms with Crippen LogP contribution in [0, 0.1) is 5.82 Å². The van der Waals surface area contributed by atoms with E-state index in [-0.39, 0.29) is 23.4 Å². The first-order valence-electron chi connectivity index (χ1n) is 9.64. The molecular weight excluding hydrogens is 411 g/mol. The van der Waals surface area contributed by atoms with Crippen molar-refractivity contribution in [3.8, 4) is 22.8 Å². The van der Waals surface area contributed by atoms with Crippen molar-refractivity contribution in [2.24, 2.45) is 0 Å². The van der Waals surface area contributed by atoms with E-state index in [2.05, 4.69) is 25.6 Å². The molecule has 32 heavy (non-hydrogen) atoms. The van der Waals surface area contributed by atoms with Crippen molar-refractivity contribution < 1.29 is 13.9 Å². The van der Waals surface area contributed by atoms with Gasteiger partial charge in [-0.25, -0.2) is 9.37 Å². The van der Waals surface area contributed by atoms with Crippen molar-refractivity contribution in [3.05, 3.63) is 84.4 Å². The molecular formula is C23H19FN6O2. The molecule has 2 aromatic heterocycles. The van der Waals surface area contributed by atoms with Crippen LogP contribution in [-0.2, 0) is 0 Å². The molecule has 4 N–H and O–H groups in total. The van der Waals surface area contributed by atoms with E-state index >= 15 is 0 Å². The third-order valence-corrected chi connectivity index (χ3v) is 4.44. The molecule has 4 rings (SSSR count). The number of carbonyl (C=O) groups is 1. The first-order chi connectivity index (χ1) is 15.5. The fourth-order valence-electron chi connectivity index (χ4n) is 2.92. The van der Waals surface area contributed by atoms with Gasteiger partial charge in [-0.05, 0) is 54.6 Å². The number of halogens is 1. The predicted octanol–water partition coefficient (Wildman–Crippen LogP) is 4.16. The van der Waals surface area contributed by atoms with Crippen molar-refractivity contribution in [1.29, 1.82) is 0 Å². The zero-order valence-electron chi connectivity index (χ0n) is 17.0. The maximum absolute atomic E-state index is 13.2. The monoisotopic (exact) mass is 430 g/mol. The van der Waals surface area contributed by atoms with E-state index in [1.807, 2.05) is 12.1 Å². The quantitative estimate of drug-likeness (QED) is 0.421. The van der Waals surface area contributed by atoms with E-state index in [1.54, 1.807) is 42.5 Å². The lowest BCUT2D eigenvalue weighted by molar-refractivity contribution is 0.0958. The molecule has 0 atom stereocenters. The Hall–Kier alpha value is -4.53. The first-order valence-corrected chi connectivity index (χ1v) is 9.64. The zero-order valence-corrected chi connectivity index (χ0v) is 17.0. The Kier molecular flexibility index (Phi) is 5.89. The number of anilines is 3. The Morgan fingerprint density at radius 1 is 0.969 bits per heavy atom. The Labute approximate surface area is 183 Å². The van der Waals surface area contributed by atoms with Crippen LogP contribution in [0.4, 0.5) is 21.8 Å². The lowest BCUT2D eigenvalue weighted by Crippen LogP contribution is -2.18. The van der Waals surface area contributed by atoms with Gasteiger partial charge in [-0.3, -0.25) is 9.78 Å². The summed E-state index contributed by atoms with van der Waals surface area (Å²) in [5, 5.41) is 5.69. The topological polar surface area (TPSA) is 115 Å². The van der Waals surface area contributed by atoms with Gasteiger partial charge in [0.1, 0.15) is 28.8 Å². The van der Waals surface area contributed by atoms with E-state index in [0.29, 0.717) is 23.0 Å². The van der Waals surface area contributed by atoms with E-state index in [9.17, 15) is 9.18 Å². The van der Waals surface area contributed by atoms with Gasteiger partial charge in [-0.2, -0.15) is 4.98 Å². The van der Waals surface area contributed by atoms with Crippen LogP contribution in [0.25, 0.3) is 11.3 Å². The smallest absolute Gasteiger partial charge is 0.269 e. The van der Waals surface area contributed by atoms with Crippen LogP contribution in [0.2, 0.25) is 0 Å². The van der Waals surface area contributed by atoms with Gasteiger partial charge in [0.25, 0.3) is 5.91 Å². The van der Waals surface area contributed by atoms with Crippen LogP contribution in [0.1, 0.15) is 10.5 Å². The number of aromatic nitrogens is 3. The maximum atomic E-state index is 13.2. The largest absolute Gasteiger partial charge is 0.457 e. The van der Waals surface area contributed by atoms with Gasteiger partial charge in [-0.15, -0.1) is 0 Å². The van der Waals surface area contributed by atoms with Crippen molar-refractivity contribution in [1.82, 2.24) is 20.3 Å². The highest BCUT2D eigenvalue weighted by molar-refractivity contribution is 5.92.